The van der Waals surface area contributed by atoms with E-state index < -0.39 is 5.41 Å². The molecule has 0 aromatic carbocycles. The first-order chi connectivity index (χ1) is 5.75. The smallest absolute Gasteiger partial charge is 0.227 e. The van der Waals surface area contributed by atoms with Crippen LogP contribution in [-0.4, -0.2) is 18.0 Å². The van der Waals surface area contributed by atoms with Gasteiger partial charge in [-0.1, -0.05) is 6.92 Å². The standard InChI is InChI=1S/C10H22N2O/c1-6-10(5,7-11)8(13)12-9(2,3)4/h6-7,11H2,1-5H3,(H,12,13). The van der Waals surface area contributed by atoms with Gasteiger partial charge in [0.15, 0.2) is 0 Å². The van der Waals surface area contributed by atoms with Gasteiger partial charge in [-0.15, -0.1) is 0 Å². The predicted molar refractivity (Wildman–Crippen MR) is 55.3 cm³/mol. The summed E-state index contributed by atoms with van der Waals surface area (Å²) in [7, 11) is 0. The van der Waals surface area contributed by atoms with Crippen molar-refractivity contribution in [2.75, 3.05) is 6.54 Å². The monoisotopic (exact) mass is 186 g/mol. The van der Waals surface area contributed by atoms with Gasteiger partial charge in [0.25, 0.3) is 0 Å². The molecular weight excluding hydrogens is 164 g/mol. The van der Waals surface area contributed by atoms with Gasteiger partial charge in [-0.3, -0.25) is 4.79 Å². The number of nitrogens with one attached hydrogen (secondary N) is 1. The number of carbonyl (C=O) groups is 1. The van der Waals surface area contributed by atoms with Crippen LogP contribution in [0.2, 0.25) is 0 Å². The maximum Gasteiger partial charge on any atom is 0.227 e. The first-order valence-corrected chi connectivity index (χ1v) is 4.78. The van der Waals surface area contributed by atoms with Crippen molar-refractivity contribution < 1.29 is 4.79 Å². The Hall–Kier alpha value is -0.570. The summed E-state index contributed by atoms with van der Waals surface area (Å²) in [5.74, 6) is 0.0463. The molecule has 0 saturated carbocycles. The fourth-order valence-electron chi connectivity index (χ4n) is 0.889. The van der Waals surface area contributed by atoms with Crippen LogP contribution < -0.4 is 11.1 Å². The third kappa shape index (κ3) is 3.77. The molecule has 0 rings (SSSR count). The van der Waals surface area contributed by atoms with E-state index >= 15 is 0 Å². The van der Waals surface area contributed by atoms with Crippen molar-refractivity contribution in [2.45, 2.75) is 46.6 Å². The lowest BCUT2D eigenvalue weighted by Gasteiger charge is -2.30. The van der Waals surface area contributed by atoms with E-state index in [0.717, 1.165) is 6.42 Å². The zero-order valence-electron chi connectivity index (χ0n) is 9.40. The van der Waals surface area contributed by atoms with Crippen molar-refractivity contribution in [3.63, 3.8) is 0 Å². The summed E-state index contributed by atoms with van der Waals surface area (Å²) in [4.78, 5) is 11.8. The van der Waals surface area contributed by atoms with E-state index in [9.17, 15) is 4.79 Å². The van der Waals surface area contributed by atoms with Crippen LogP contribution in [0.4, 0.5) is 0 Å². The van der Waals surface area contributed by atoms with E-state index in [1.165, 1.54) is 0 Å². The lowest BCUT2D eigenvalue weighted by atomic mass is 9.86. The molecule has 78 valence electrons. The fourth-order valence-corrected chi connectivity index (χ4v) is 0.889. The zero-order valence-corrected chi connectivity index (χ0v) is 9.40. The lowest BCUT2D eigenvalue weighted by Crippen LogP contribution is -2.50. The molecule has 0 aromatic rings. The second-order valence-electron chi connectivity index (χ2n) is 4.82. The van der Waals surface area contributed by atoms with Gasteiger partial charge >= 0.3 is 0 Å². The largest absolute Gasteiger partial charge is 0.351 e. The van der Waals surface area contributed by atoms with Crippen molar-refractivity contribution in [2.24, 2.45) is 11.1 Å². The highest BCUT2D eigenvalue weighted by molar-refractivity contribution is 5.83. The van der Waals surface area contributed by atoms with E-state index in [0.29, 0.717) is 6.54 Å². The molecule has 3 heteroatoms. The quantitative estimate of drug-likeness (QED) is 0.697. The minimum absolute atomic E-state index is 0.0463. The first kappa shape index (κ1) is 12.4. The van der Waals surface area contributed by atoms with Crippen LogP contribution in [0.3, 0.4) is 0 Å². The Bertz CT molecular complexity index is 178. The molecule has 0 saturated heterocycles. The Morgan fingerprint density at radius 2 is 1.77 bits per heavy atom. The van der Waals surface area contributed by atoms with Crippen molar-refractivity contribution >= 4 is 5.91 Å². The minimum Gasteiger partial charge on any atom is -0.351 e. The maximum atomic E-state index is 11.8. The fraction of sp³-hybridized carbons (Fsp3) is 0.900. The molecule has 0 aromatic heterocycles. The highest BCUT2D eigenvalue weighted by Crippen LogP contribution is 2.20. The van der Waals surface area contributed by atoms with E-state index in [1.54, 1.807) is 0 Å². The molecular formula is C10H22N2O. The molecule has 1 amide bonds. The highest BCUT2D eigenvalue weighted by Gasteiger charge is 2.31. The van der Waals surface area contributed by atoms with Gasteiger partial charge in [-0.2, -0.15) is 0 Å². The summed E-state index contributed by atoms with van der Waals surface area (Å²) in [5.41, 5.74) is 4.98. The van der Waals surface area contributed by atoms with Gasteiger partial charge in [-0.05, 0) is 34.1 Å². The molecule has 0 bridgehead atoms. The van der Waals surface area contributed by atoms with Crippen LogP contribution in [0.5, 0.6) is 0 Å². The van der Waals surface area contributed by atoms with Gasteiger partial charge in [-0.25, -0.2) is 0 Å². The average Bonchev–Trinajstić information content (AvgIpc) is 2.00. The molecule has 0 aliphatic carbocycles. The van der Waals surface area contributed by atoms with Crippen molar-refractivity contribution in [1.82, 2.24) is 5.32 Å². The average molecular weight is 186 g/mol. The van der Waals surface area contributed by atoms with Crippen molar-refractivity contribution in [3.05, 3.63) is 0 Å². The van der Waals surface area contributed by atoms with Gasteiger partial charge in [0.2, 0.25) is 5.91 Å². The van der Waals surface area contributed by atoms with E-state index in [-0.39, 0.29) is 11.4 Å². The van der Waals surface area contributed by atoms with Gasteiger partial charge in [0.05, 0.1) is 5.41 Å². The number of nitrogens with two attached hydrogens (primary N) is 1. The molecule has 0 radical (unpaired) electrons. The molecule has 3 N–H and O–H groups in total. The molecule has 1 atom stereocenters. The van der Waals surface area contributed by atoms with Crippen molar-refractivity contribution in [3.8, 4) is 0 Å². The Balaban J connectivity index is 4.41. The number of amides is 1. The molecule has 1 unspecified atom stereocenters. The first-order valence-electron chi connectivity index (χ1n) is 4.78. The topological polar surface area (TPSA) is 55.1 Å². The molecule has 0 spiro atoms. The second kappa shape index (κ2) is 4.09. The molecule has 0 aliphatic heterocycles. The normalized spacial score (nSPS) is 16.5. The number of carbonyl (C=O) groups excluding carboxylic acids is 1. The second-order valence-corrected chi connectivity index (χ2v) is 4.82. The van der Waals surface area contributed by atoms with Crippen LogP contribution in [0, 0.1) is 5.41 Å². The summed E-state index contributed by atoms with van der Waals surface area (Å²) in [6.45, 7) is 10.2. The Labute approximate surface area is 81.1 Å². The Kier molecular flexibility index (Phi) is 3.91. The Morgan fingerprint density at radius 3 is 2.00 bits per heavy atom. The molecule has 3 nitrogen and oxygen atoms in total. The summed E-state index contributed by atoms with van der Waals surface area (Å²) >= 11 is 0. The van der Waals surface area contributed by atoms with Gasteiger partial charge < -0.3 is 11.1 Å². The zero-order chi connectivity index (χ0) is 10.7. The Morgan fingerprint density at radius 1 is 1.31 bits per heavy atom. The van der Waals surface area contributed by atoms with E-state index in [2.05, 4.69) is 5.32 Å². The SMILES string of the molecule is CCC(C)(CN)C(=O)NC(C)(C)C. The van der Waals surface area contributed by atoms with E-state index in [4.69, 9.17) is 5.73 Å². The summed E-state index contributed by atoms with van der Waals surface area (Å²) in [6.07, 6.45) is 0.769. The molecule has 0 fully saturated rings. The molecule has 0 heterocycles. The summed E-state index contributed by atoms with van der Waals surface area (Å²) < 4.78 is 0. The maximum absolute atomic E-state index is 11.8. The minimum atomic E-state index is -0.423. The third-order valence-electron chi connectivity index (χ3n) is 2.27. The van der Waals surface area contributed by atoms with Gasteiger partial charge in [0, 0.05) is 12.1 Å². The predicted octanol–water partition coefficient (Wildman–Crippen LogP) is 1.28. The van der Waals surface area contributed by atoms with E-state index in [1.807, 2.05) is 34.6 Å². The molecule has 0 aliphatic rings. The third-order valence-corrected chi connectivity index (χ3v) is 2.27. The highest BCUT2D eigenvalue weighted by atomic mass is 16.2. The van der Waals surface area contributed by atoms with Crippen LogP contribution in [0.1, 0.15) is 41.0 Å². The summed E-state index contributed by atoms with van der Waals surface area (Å²) in [5, 5.41) is 2.94. The number of rotatable bonds is 3. The van der Waals surface area contributed by atoms with Crippen molar-refractivity contribution in [1.29, 1.82) is 0 Å². The lowest BCUT2D eigenvalue weighted by molar-refractivity contribution is -0.131. The molecule has 13 heavy (non-hydrogen) atoms. The van der Waals surface area contributed by atoms with Crippen LogP contribution in [-0.2, 0) is 4.79 Å². The van der Waals surface area contributed by atoms with Crippen LogP contribution in [0.15, 0.2) is 0 Å². The number of hydrogen-bond donors (Lipinski definition) is 2. The van der Waals surface area contributed by atoms with Gasteiger partial charge in [0.1, 0.15) is 0 Å². The van der Waals surface area contributed by atoms with Crippen LogP contribution in [0.25, 0.3) is 0 Å². The summed E-state index contributed by atoms with van der Waals surface area (Å²) in [6, 6.07) is 0. The van der Waals surface area contributed by atoms with Crippen LogP contribution >= 0.6 is 0 Å². The number of hydrogen-bond acceptors (Lipinski definition) is 2.